The predicted molar refractivity (Wildman–Crippen MR) is 478 cm³/mol. The number of halogens is 1. The lowest BCUT2D eigenvalue weighted by Crippen LogP contribution is -2.41. The Bertz CT molecular complexity index is 6970. The molecule has 7 heterocycles. The van der Waals surface area contributed by atoms with Gasteiger partial charge in [0.15, 0.2) is 11.6 Å². The normalized spacial score (nSPS) is 13.0. The highest BCUT2D eigenvalue weighted by atomic mass is 79.9. The van der Waals surface area contributed by atoms with E-state index in [1.165, 1.54) is 9.40 Å². The van der Waals surface area contributed by atoms with Crippen molar-refractivity contribution in [2.45, 2.75) is 38.9 Å². The molecular formula is C100H72BBrN8O2S2. The summed E-state index contributed by atoms with van der Waals surface area (Å²) in [5, 5.41) is 2.32. The number of thiophene rings is 2. The smallest absolute Gasteiger partial charge is 0.399 e. The van der Waals surface area contributed by atoms with E-state index in [1.807, 2.05) is 54.6 Å². The van der Waals surface area contributed by atoms with Crippen LogP contribution in [0.25, 0.3) is 175 Å². The average molecular weight is 1570 g/mol. The number of aromatic nitrogens is 8. The van der Waals surface area contributed by atoms with E-state index in [1.54, 1.807) is 22.7 Å². The fourth-order valence-electron chi connectivity index (χ4n) is 15.0. The van der Waals surface area contributed by atoms with Crippen molar-refractivity contribution in [2.75, 3.05) is 0 Å². The molecular weight excluding hydrogens is 1500 g/mol. The molecule has 0 spiro atoms. The summed E-state index contributed by atoms with van der Waals surface area (Å²) < 4.78 is 22.8. The number of hydrogen-bond donors (Lipinski definition) is 0. The highest BCUT2D eigenvalue weighted by Crippen LogP contribution is 2.44. The maximum Gasteiger partial charge on any atom is 0.494 e. The van der Waals surface area contributed by atoms with Gasteiger partial charge in [-0.05, 0) is 164 Å². The second kappa shape index (κ2) is 30.3. The minimum Gasteiger partial charge on any atom is -0.399 e. The molecule has 14 aromatic carbocycles. The van der Waals surface area contributed by atoms with Crippen LogP contribution in [0.5, 0.6) is 0 Å². The Labute approximate surface area is 677 Å². The van der Waals surface area contributed by atoms with Gasteiger partial charge >= 0.3 is 7.12 Å². The molecule has 1 fully saturated rings. The molecule has 0 amide bonds. The molecule has 546 valence electrons. The molecule has 114 heavy (non-hydrogen) atoms. The van der Waals surface area contributed by atoms with E-state index >= 15 is 0 Å². The second-order valence-electron chi connectivity index (χ2n) is 29.3. The molecule has 21 rings (SSSR count). The molecule has 0 bridgehead atoms. The Balaban J connectivity index is 0.000000124. The van der Waals surface area contributed by atoms with Crippen molar-refractivity contribution in [3.63, 3.8) is 0 Å². The molecule has 20 aromatic rings. The third kappa shape index (κ3) is 13.9. The zero-order valence-electron chi connectivity index (χ0n) is 62.8. The first kappa shape index (κ1) is 71.4. The molecule has 0 atom stereocenters. The van der Waals surface area contributed by atoms with Gasteiger partial charge in [-0.25, -0.2) is 29.9 Å². The highest BCUT2D eigenvalue weighted by Gasteiger charge is 2.51. The molecule has 0 N–H and O–H groups in total. The van der Waals surface area contributed by atoms with E-state index in [0.717, 1.165) is 176 Å². The summed E-state index contributed by atoms with van der Waals surface area (Å²) in [5.74, 6) is 3.32. The van der Waals surface area contributed by atoms with E-state index in [9.17, 15) is 0 Å². The molecule has 0 radical (unpaired) electrons. The van der Waals surface area contributed by atoms with Crippen LogP contribution in [0.1, 0.15) is 27.7 Å². The van der Waals surface area contributed by atoms with Crippen LogP contribution in [0.15, 0.2) is 368 Å². The summed E-state index contributed by atoms with van der Waals surface area (Å²) in [6.45, 7) is 8.32. The van der Waals surface area contributed by atoms with Gasteiger partial charge in [-0.1, -0.05) is 283 Å². The molecule has 6 aromatic heterocycles. The van der Waals surface area contributed by atoms with Crippen molar-refractivity contribution in [1.82, 2.24) is 39.0 Å². The van der Waals surface area contributed by atoms with Gasteiger partial charge in [0.2, 0.25) is 0 Å². The molecule has 1 aliphatic rings. The lowest BCUT2D eigenvalue weighted by atomic mass is 9.78. The van der Waals surface area contributed by atoms with Crippen molar-refractivity contribution < 1.29 is 9.31 Å². The summed E-state index contributed by atoms with van der Waals surface area (Å²) in [6.07, 6.45) is 0. The number of nitrogens with zero attached hydrogens (tertiary/aromatic N) is 8. The standard InChI is InChI=1S/C47H30N4S.C34H29BN2O2S.C19H13BrN2/c1-3-14-31(15-4-1)43-45-44(39-24-7-10-27-42(39)52-45)50-46(49-43)36-20-12-18-34(29-36)32-16-11-17-33(28-32)35-19-13-21-37(30-35)47-48-40-25-8-9-26-41(40)51(47)38-22-5-2-6-23-38;1-33(2)34(3,4)39-35(38-33)26-17-11-15-24(21-26)23-14-10-16-25(20-23)32-36-29(22-12-6-5-7-13-22)31-30(37-32)27-18-8-9-19-28(27)40-31;20-15-8-6-7-14(13-15)19-21-17-11-4-5-12-18(17)22(19)16-9-2-1-3-10-16/h1-30H;5-21H,1-4H3;1-13H. The Morgan fingerprint density at radius 3 is 1.08 bits per heavy atom. The summed E-state index contributed by atoms with van der Waals surface area (Å²) in [6, 6.07) is 126. The largest absolute Gasteiger partial charge is 0.494 e. The van der Waals surface area contributed by atoms with Crippen molar-refractivity contribution in [3.8, 4) is 113 Å². The van der Waals surface area contributed by atoms with Crippen molar-refractivity contribution in [3.05, 3.63) is 368 Å². The number of fused-ring (bicyclic) bond motifs is 8. The van der Waals surface area contributed by atoms with Crippen molar-refractivity contribution >= 4 is 114 Å². The van der Waals surface area contributed by atoms with E-state index in [0.29, 0.717) is 0 Å². The first-order valence-corrected chi connectivity index (χ1v) is 40.5. The number of imidazole rings is 2. The zero-order chi connectivity index (χ0) is 76.9. The van der Waals surface area contributed by atoms with Crippen LogP contribution in [-0.2, 0) is 9.31 Å². The van der Waals surface area contributed by atoms with Gasteiger partial charge in [0.1, 0.15) is 11.6 Å². The summed E-state index contributed by atoms with van der Waals surface area (Å²) >= 11 is 7.05. The molecule has 0 saturated carbocycles. The van der Waals surface area contributed by atoms with Crippen LogP contribution in [0.4, 0.5) is 0 Å². The van der Waals surface area contributed by atoms with Gasteiger partial charge in [0.05, 0.1) is 65.1 Å². The van der Waals surface area contributed by atoms with Crippen LogP contribution in [0.3, 0.4) is 0 Å². The second-order valence-corrected chi connectivity index (χ2v) is 32.3. The van der Waals surface area contributed by atoms with Crippen molar-refractivity contribution in [1.29, 1.82) is 0 Å². The summed E-state index contributed by atoms with van der Waals surface area (Å²) in [4.78, 5) is 30.6. The Morgan fingerprint density at radius 2 is 0.632 bits per heavy atom. The summed E-state index contributed by atoms with van der Waals surface area (Å²) in [5.41, 5.74) is 23.6. The molecule has 1 saturated heterocycles. The Kier molecular flexibility index (Phi) is 19.0. The van der Waals surface area contributed by atoms with Crippen LogP contribution < -0.4 is 5.46 Å². The molecule has 0 unspecified atom stereocenters. The van der Waals surface area contributed by atoms with E-state index in [2.05, 4.69) is 362 Å². The van der Waals surface area contributed by atoms with E-state index in [-0.39, 0.29) is 11.2 Å². The van der Waals surface area contributed by atoms with Gasteiger partial charge in [0, 0.05) is 69.4 Å². The number of hydrogen-bond acceptors (Lipinski definition) is 10. The molecule has 14 heteroatoms. The Morgan fingerprint density at radius 1 is 0.298 bits per heavy atom. The average Bonchev–Trinajstić information content (AvgIpc) is 1.59. The number of para-hydroxylation sites is 6. The minimum absolute atomic E-state index is 0.383. The van der Waals surface area contributed by atoms with Crippen LogP contribution in [0.2, 0.25) is 0 Å². The first-order valence-electron chi connectivity index (χ1n) is 38.1. The monoisotopic (exact) mass is 1570 g/mol. The minimum atomic E-state index is -0.404. The van der Waals surface area contributed by atoms with Gasteiger partial charge in [-0.2, -0.15) is 0 Å². The SMILES string of the molecule is Brc1cccc(-c2nc3ccccc3n2-c2ccccc2)c1.CC1(C)OB(c2cccc(-c3cccc(-c4nc(-c5ccccc5)c5sc6ccccc6c5n4)c3)c2)OC1(C)C.c1ccc(-c2nc(-c3cccc(-c4cccc(-c5cccc(-c6nc7ccccc7n6-c6ccccc6)c5)c4)c3)nc3c2sc2ccccc23)cc1. The number of benzene rings is 14. The summed E-state index contributed by atoms with van der Waals surface area (Å²) in [7, 11) is -0.404. The van der Waals surface area contributed by atoms with Crippen LogP contribution >= 0.6 is 38.6 Å². The predicted octanol–water partition coefficient (Wildman–Crippen LogP) is 26.1. The third-order valence-electron chi connectivity index (χ3n) is 21.4. The van der Waals surface area contributed by atoms with E-state index < -0.39 is 7.12 Å². The van der Waals surface area contributed by atoms with Gasteiger partial charge < -0.3 is 9.31 Å². The highest BCUT2D eigenvalue weighted by molar-refractivity contribution is 9.10. The molecule has 1 aliphatic heterocycles. The van der Waals surface area contributed by atoms with Gasteiger partial charge in [0.25, 0.3) is 0 Å². The van der Waals surface area contributed by atoms with Gasteiger partial charge in [-0.3, -0.25) is 9.13 Å². The maximum absolute atomic E-state index is 6.32. The van der Waals surface area contributed by atoms with Crippen LogP contribution in [0, 0.1) is 0 Å². The quantitative estimate of drug-likeness (QED) is 0.111. The maximum atomic E-state index is 6.32. The molecule has 10 nitrogen and oxygen atoms in total. The fraction of sp³-hybridized carbons (Fsp3) is 0.0600. The first-order chi connectivity index (χ1) is 55.9. The third-order valence-corrected chi connectivity index (χ3v) is 24.2. The Hall–Kier alpha value is -12.9. The number of rotatable bonds is 12. The lowest BCUT2D eigenvalue weighted by molar-refractivity contribution is 0.00578. The fourth-order valence-corrected chi connectivity index (χ4v) is 17.7. The van der Waals surface area contributed by atoms with Crippen molar-refractivity contribution in [2.24, 2.45) is 0 Å². The molecule has 0 aliphatic carbocycles. The van der Waals surface area contributed by atoms with Crippen LogP contribution in [-0.4, -0.2) is 57.4 Å². The lowest BCUT2D eigenvalue weighted by Gasteiger charge is -2.32. The van der Waals surface area contributed by atoms with Gasteiger partial charge in [-0.15, -0.1) is 22.7 Å². The zero-order valence-corrected chi connectivity index (χ0v) is 66.0. The van der Waals surface area contributed by atoms with E-state index in [4.69, 9.17) is 39.2 Å². The topological polar surface area (TPSA) is 106 Å².